The molecule has 0 atom stereocenters. The second-order valence-electron chi connectivity index (χ2n) is 1.28. The molecule has 0 aliphatic carbocycles. The summed E-state index contributed by atoms with van der Waals surface area (Å²) in [5.74, 6) is -0.0147. The first-order valence-electron chi connectivity index (χ1n) is 2.19. The number of nitrogens with zero attached hydrogens (tertiary/aromatic N) is 2. The van der Waals surface area contributed by atoms with E-state index in [0.717, 1.165) is 0 Å². The molecule has 0 bridgehead atoms. The van der Waals surface area contributed by atoms with Crippen LogP contribution in [0.2, 0.25) is 0 Å². The number of carbonyl (C=O) groups excluding carboxylic acids is 1. The van der Waals surface area contributed by atoms with Crippen molar-refractivity contribution in [1.29, 1.82) is 0 Å². The molecule has 0 aromatic heterocycles. The van der Waals surface area contributed by atoms with Gasteiger partial charge in [-0.25, -0.2) is 0 Å². The maximum absolute atomic E-state index is 10.3. The molecule has 3 nitrogen and oxygen atoms in total. The standard InChI is InChI=1S/C5H2ClN2O/c6-4(9)5-7-2-1-3-8-5/h1-2H/q+1. The van der Waals surface area contributed by atoms with Gasteiger partial charge in [0.05, 0.1) is 0 Å². The van der Waals surface area contributed by atoms with Crippen LogP contribution in [-0.2, 0) is 4.79 Å². The lowest BCUT2D eigenvalue weighted by atomic mass is 10.5. The molecule has 0 saturated heterocycles. The zero-order chi connectivity index (χ0) is 6.69. The highest BCUT2D eigenvalue weighted by molar-refractivity contribution is 6.82. The molecule has 0 fully saturated rings. The summed E-state index contributed by atoms with van der Waals surface area (Å²) in [6, 6.07) is 0. The van der Waals surface area contributed by atoms with Crippen molar-refractivity contribution >= 4 is 28.9 Å². The van der Waals surface area contributed by atoms with Crippen molar-refractivity contribution in [3.63, 3.8) is 0 Å². The molecular weight excluding hydrogens is 140 g/mol. The Balaban J connectivity index is 2.84. The smallest absolute Gasteiger partial charge is 0.255 e. The fourth-order valence-electron chi connectivity index (χ4n) is 0.363. The Labute approximate surface area is 56.8 Å². The molecule has 0 saturated carbocycles. The van der Waals surface area contributed by atoms with Crippen molar-refractivity contribution in [3.05, 3.63) is 12.3 Å². The first-order valence-corrected chi connectivity index (χ1v) is 2.57. The molecule has 0 spiro atoms. The Hall–Kier alpha value is -1.05. The van der Waals surface area contributed by atoms with E-state index in [9.17, 15) is 4.79 Å². The van der Waals surface area contributed by atoms with E-state index < -0.39 is 5.24 Å². The van der Waals surface area contributed by atoms with E-state index in [2.05, 4.69) is 16.2 Å². The predicted octanol–water partition coefficient (Wildman–Crippen LogP) is 0.625. The van der Waals surface area contributed by atoms with E-state index in [1.54, 1.807) is 0 Å². The Morgan fingerprint density at radius 3 is 2.89 bits per heavy atom. The third kappa shape index (κ3) is 1.42. The van der Waals surface area contributed by atoms with E-state index in [4.69, 9.17) is 11.6 Å². The number of hydrogen-bond acceptors (Lipinski definition) is 3. The number of carbonyl (C=O) groups is 1. The van der Waals surface area contributed by atoms with Gasteiger partial charge in [-0.05, 0) is 16.6 Å². The van der Waals surface area contributed by atoms with E-state index >= 15 is 0 Å². The van der Waals surface area contributed by atoms with Crippen LogP contribution in [0.1, 0.15) is 0 Å². The van der Waals surface area contributed by atoms with Gasteiger partial charge in [0.15, 0.2) is 6.21 Å². The van der Waals surface area contributed by atoms with Crippen LogP contribution in [0.15, 0.2) is 22.3 Å². The summed E-state index contributed by atoms with van der Waals surface area (Å²) in [4.78, 5) is 17.3. The monoisotopic (exact) mass is 141 g/mol. The molecule has 0 aromatic rings. The summed E-state index contributed by atoms with van der Waals surface area (Å²) in [5, 5.41) is -0.660. The molecular formula is C5H2ClN2O+. The first kappa shape index (κ1) is 6.08. The number of hydrogen-bond donors (Lipinski definition) is 0. The summed E-state index contributed by atoms with van der Waals surface area (Å²) in [7, 11) is 0. The molecule has 4 heteroatoms. The largest absolute Gasteiger partial charge is 0.347 e. The molecule has 0 N–H and O–H groups in total. The lowest BCUT2D eigenvalue weighted by Crippen LogP contribution is -2.04. The van der Waals surface area contributed by atoms with Gasteiger partial charge in [-0.3, -0.25) is 4.79 Å². The second-order valence-corrected chi connectivity index (χ2v) is 1.63. The minimum atomic E-state index is -0.660. The quantitative estimate of drug-likeness (QED) is 0.390. The topological polar surface area (TPSA) is 41.8 Å². The Kier molecular flexibility index (Phi) is 1.68. The fraction of sp³-hybridized carbons (Fsp3) is 0. The van der Waals surface area contributed by atoms with Gasteiger partial charge < -0.3 is 0 Å². The molecule has 9 heavy (non-hydrogen) atoms. The highest BCUT2D eigenvalue weighted by Crippen LogP contribution is 1.93. The van der Waals surface area contributed by atoms with Crippen molar-refractivity contribution in [2.75, 3.05) is 0 Å². The fourth-order valence-corrected chi connectivity index (χ4v) is 0.454. The minimum absolute atomic E-state index is 0.0147. The first-order chi connectivity index (χ1) is 4.30. The number of rotatable bonds is 1. The van der Waals surface area contributed by atoms with Crippen LogP contribution < -0.4 is 0 Å². The molecule has 1 rings (SSSR count). The average Bonchev–Trinajstić information content (AvgIpc) is 1.90. The van der Waals surface area contributed by atoms with Crippen molar-refractivity contribution in [1.82, 2.24) is 0 Å². The predicted molar refractivity (Wildman–Crippen MR) is 34.9 cm³/mol. The number of halogens is 1. The van der Waals surface area contributed by atoms with E-state index in [1.807, 2.05) is 0 Å². The normalized spacial score (nSPS) is 14.6. The van der Waals surface area contributed by atoms with Gasteiger partial charge in [-0.2, -0.15) is 0 Å². The number of allylic oxidation sites excluding steroid dienone is 1. The van der Waals surface area contributed by atoms with Crippen LogP contribution in [-0.4, -0.2) is 17.3 Å². The zero-order valence-electron chi connectivity index (χ0n) is 4.34. The summed E-state index contributed by atoms with van der Waals surface area (Å²) in [6.45, 7) is 0. The summed E-state index contributed by atoms with van der Waals surface area (Å²) in [5.41, 5.74) is 0. The summed E-state index contributed by atoms with van der Waals surface area (Å²) in [6.07, 6.45) is 5.32. The molecule has 1 aliphatic heterocycles. The number of amidine groups is 1. The summed E-state index contributed by atoms with van der Waals surface area (Å²) < 4.78 is 0. The molecule has 0 aromatic carbocycles. The summed E-state index contributed by atoms with van der Waals surface area (Å²) >= 11 is 5.02. The zero-order valence-corrected chi connectivity index (χ0v) is 5.09. The van der Waals surface area contributed by atoms with Crippen molar-refractivity contribution in [2.45, 2.75) is 0 Å². The van der Waals surface area contributed by atoms with Gasteiger partial charge in [-0.1, -0.05) is 0 Å². The van der Waals surface area contributed by atoms with Gasteiger partial charge in [0.2, 0.25) is 0 Å². The Bertz CT molecular complexity index is 217. The lowest BCUT2D eigenvalue weighted by Gasteiger charge is -1.79. The second kappa shape index (κ2) is 2.49. The highest BCUT2D eigenvalue weighted by Gasteiger charge is 2.14. The third-order valence-corrected chi connectivity index (χ3v) is 0.861. The van der Waals surface area contributed by atoms with Gasteiger partial charge in [0, 0.05) is 0 Å². The van der Waals surface area contributed by atoms with Gasteiger partial charge in [-0.15, -0.1) is 4.99 Å². The van der Waals surface area contributed by atoms with Crippen LogP contribution in [0.5, 0.6) is 0 Å². The van der Waals surface area contributed by atoms with Crippen LogP contribution in [0.4, 0.5) is 0 Å². The van der Waals surface area contributed by atoms with Crippen LogP contribution in [0.25, 0.3) is 0 Å². The lowest BCUT2D eigenvalue weighted by molar-refractivity contribution is -0.106. The maximum Gasteiger partial charge on any atom is 0.347 e. The third-order valence-electron chi connectivity index (χ3n) is 0.692. The molecule has 1 heterocycles. The average molecular weight is 142 g/mol. The maximum atomic E-state index is 10.3. The van der Waals surface area contributed by atoms with Crippen molar-refractivity contribution < 1.29 is 4.79 Å². The molecule has 1 aliphatic rings. The van der Waals surface area contributed by atoms with Crippen molar-refractivity contribution in [2.24, 2.45) is 9.98 Å². The van der Waals surface area contributed by atoms with E-state index in [0.29, 0.717) is 0 Å². The van der Waals surface area contributed by atoms with E-state index in [1.165, 1.54) is 12.3 Å². The minimum Gasteiger partial charge on any atom is -0.255 e. The SMILES string of the molecule is O=C(Cl)C1=NC=C[C+]=N1. The highest BCUT2D eigenvalue weighted by atomic mass is 35.5. The van der Waals surface area contributed by atoms with Gasteiger partial charge in [0.1, 0.15) is 12.3 Å². The molecule has 0 radical (unpaired) electrons. The Morgan fingerprint density at radius 1 is 1.78 bits per heavy atom. The molecule has 44 valence electrons. The Morgan fingerprint density at radius 2 is 2.56 bits per heavy atom. The molecule has 0 amide bonds. The van der Waals surface area contributed by atoms with Crippen LogP contribution >= 0.6 is 11.6 Å². The van der Waals surface area contributed by atoms with Gasteiger partial charge in [0.25, 0.3) is 0 Å². The molecule has 0 unspecified atom stereocenters. The van der Waals surface area contributed by atoms with E-state index in [-0.39, 0.29) is 5.84 Å². The van der Waals surface area contributed by atoms with Crippen molar-refractivity contribution in [3.8, 4) is 0 Å². The van der Waals surface area contributed by atoms with Gasteiger partial charge >= 0.3 is 11.1 Å². The van der Waals surface area contributed by atoms with Crippen LogP contribution in [0.3, 0.4) is 0 Å². The number of aliphatic imine (C=N–C) groups is 2. The van der Waals surface area contributed by atoms with Crippen LogP contribution in [0, 0.1) is 0 Å².